The van der Waals surface area contributed by atoms with Crippen LogP contribution in [0.15, 0.2) is 65.1 Å². The SMILES string of the molecule is O=Cc1cc(O)ccc1-c1ccc(Cl)cc1.O=Cc1cc(O)ccc1Br. The molecular formula is C20H14BrClO4. The number of carbonyl (C=O) groups is 2. The summed E-state index contributed by atoms with van der Waals surface area (Å²) in [7, 11) is 0. The molecule has 0 saturated carbocycles. The summed E-state index contributed by atoms with van der Waals surface area (Å²) in [6, 6.07) is 16.4. The first-order chi connectivity index (χ1) is 12.4. The zero-order valence-corrected chi connectivity index (χ0v) is 15.7. The lowest BCUT2D eigenvalue weighted by molar-refractivity contribution is 0.111. The van der Waals surface area contributed by atoms with Gasteiger partial charge < -0.3 is 10.2 Å². The first-order valence-electron chi connectivity index (χ1n) is 7.42. The van der Waals surface area contributed by atoms with Gasteiger partial charge in [-0.2, -0.15) is 0 Å². The van der Waals surface area contributed by atoms with Crippen LogP contribution in [0.4, 0.5) is 0 Å². The van der Waals surface area contributed by atoms with E-state index in [0.717, 1.165) is 17.4 Å². The molecule has 0 unspecified atom stereocenters. The molecule has 0 spiro atoms. The van der Waals surface area contributed by atoms with Crippen LogP contribution in [0.25, 0.3) is 11.1 Å². The molecule has 0 fully saturated rings. The molecule has 0 heterocycles. The standard InChI is InChI=1S/C13H9ClO2.C7H5BrO2/c14-11-3-1-9(2-4-11)13-6-5-12(16)7-10(13)8-15;8-7-2-1-6(10)3-5(7)4-9/h1-8,16H;1-4,10H. The first-order valence-corrected chi connectivity index (χ1v) is 8.59. The normalized spacial score (nSPS) is 9.77. The summed E-state index contributed by atoms with van der Waals surface area (Å²) in [6.45, 7) is 0. The second-order valence-corrected chi connectivity index (χ2v) is 6.51. The first kappa shape index (κ1) is 19.7. The van der Waals surface area contributed by atoms with E-state index >= 15 is 0 Å². The van der Waals surface area contributed by atoms with Gasteiger partial charge in [-0.05, 0) is 59.7 Å². The molecule has 26 heavy (non-hydrogen) atoms. The van der Waals surface area contributed by atoms with Gasteiger partial charge in [-0.15, -0.1) is 0 Å². The number of hydrogen-bond acceptors (Lipinski definition) is 4. The summed E-state index contributed by atoms with van der Waals surface area (Å²) < 4.78 is 0.695. The Hall–Kier alpha value is -2.63. The van der Waals surface area contributed by atoms with Crippen molar-refractivity contribution in [3.8, 4) is 22.6 Å². The molecule has 0 aliphatic heterocycles. The maximum atomic E-state index is 10.9. The second kappa shape index (κ2) is 9.17. The van der Waals surface area contributed by atoms with E-state index in [1.165, 1.54) is 18.2 Å². The highest BCUT2D eigenvalue weighted by molar-refractivity contribution is 9.10. The number of aldehydes is 2. The minimum Gasteiger partial charge on any atom is -0.508 e. The van der Waals surface area contributed by atoms with Crippen molar-refractivity contribution in [2.75, 3.05) is 0 Å². The van der Waals surface area contributed by atoms with Crippen LogP contribution in [0.3, 0.4) is 0 Å². The van der Waals surface area contributed by atoms with Gasteiger partial charge in [0.15, 0.2) is 12.6 Å². The molecule has 0 aromatic heterocycles. The number of rotatable bonds is 3. The second-order valence-electron chi connectivity index (χ2n) is 5.22. The minimum atomic E-state index is 0.0832. The maximum absolute atomic E-state index is 10.9. The van der Waals surface area contributed by atoms with Crippen LogP contribution >= 0.6 is 27.5 Å². The van der Waals surface area contributed by atoms with Crippen molar-refractivity contribution in [3.05, 3.63) is 81.3 Å². The molecule has 4 nitrogen and oxygen atoms in total. The molecule has 0 aliphatic rings. The van der Waals surface area contributed by atoms with Crippen LogP contribution in [0.5, 0.6) is 11.5 Å². The van der Waals surface area contributed by atoms with Gasteiger partial charge in [-0.3, -0.25) is 9.59 Å². The van der Waals surface area contributed by atoms with E-state index in [1.54, 1.807) is 30.3 Å². The Morgan fingerprint density at radius 1 is 0.769 bits per heavy atom. The maximum Gasteiger partial charge on any atom is 0.151 e. The van der Waals surface area contributed by atoms with Gasteiger partial charge in [0.1, 0.15) is 11.5 Å². The topological polar surface area (TPSA) is 74.6 Å². The molecule has 0 radical (unpaired) electrons. The Balaban J connectivity index is 0.000000209. The predicted octanol–water partition coefficient (Wildman–Crippen LogP) is 5.49. The summed E-state index contributed by atoms with van der Waals surface area (Å²) in [6.07, 6.45) is 1.41. The third kappa shape index (κ3) is 5.18. The largest absolute Gasteiger partial charge is 0.508 e. The predicted molar refractivity (Wildman–Crippen MR) is 105 cm³/mol. The van der Waals surface area contributed by atoms with Crippen molar-refractivity contribution in [3.63, 3.8) is 0 Å². The van der Waals surface area contributed by atoms with E-state index in [-0.39, 0.29) is 11.5 Å². The van der Waals surface area contributed by atoms with Crippen LogP contribution in [0, 0.1) is 0 Å². The lowest BCUT2D eigenvalue weighted by atomic mass is 10.0. The molecule has 0 bridgehead atoms. The number of aromatic hydroxyl groups is 2. The molecule has 0 atom stereocenters. The van der Waals surface area contributed by atoms with Gasteiger partial charge in [0.2, 0.25) is 0 Å². The van der Waals surface area contributed by atoms with E-state index in [0.29, 0.717) is 26.9 Å². The molecule has 3 aromatic rings. The van der Waals surface area contributed by atoms with Gasteiger partial charge in [0.05, 0.1) is 0 Å². The van der Waals surface area contributed by atoms with Crippen LogP contribution in [0.2, 0.25) is 5.02 Å². The molecule has 3 rings (SSSR count). The van der Waals surface area contributed by atoms with Crippen molar-refractivity contribution in [2.24, 2.45) is 0 Å². The Kier molecular flexibility index (Phi) is 6.95. The summed E-state index contributed by atoms with van der Waals surface area (Å²) >= 11 is 8.94. The number of halogens is 2. The Morgan fingerprint density at radius 3 is 1.85 bits per heavy atom. The highest BCUT2D eigenvalue weighted by Crippen LogP contribution is 2.27. The third-order valence-electron chi connectivity index (χ3n) is 3.42. The highest BCUT2D eigenvalue weighted by atomic mass is 79.9. The van der Waals surface area contributed by atoms with Crippen molar-refractivity contribution in [1.82, 2.24) is 0 Å². The average molecular weight is 434 g/mol. The van der Waals surface area contributed by atoms with E-state index in [1.807, 2.05) is 12.1 Å². The van der Waals surface area contributed by atoms with Gasteiger partial charge in [-0.25, -0.2) is 0 Å². The van der Waals surface area contributed by atoms with Gasteiger partial charge in [0.25, 0.3) is 0 Å². The fraction of sp³-hybridized carbons (Fsp3) is 0. The number of phenols is 2. The number of benzene rings is 3. The Labute approximate surface area is 163 Å². The molecule has 0 amide bonds. The fourth-order valence-electron chi connectivity index (χ4n) is 2.16. The van der Waals surface area contributed by atoms with Crippen LogP contribution in [-0.4, -0.2) is 22.8 Å². The Bertz CT molecular complexity index is 924. The molecule has 6 heteroatoms. The van der Waals surface area contributed by atoms with Crippen molar-refractivity contribution < 1.29 is 19.8 Å². The molecule has 0 aliphatic carbocycles. The molecule has 0 saturated heterocycles. The highest BCUT2D eigenvalue weighted by Gasteiger charge is 2.05. The third-order valence-corrected chi connectivity index (χ3v) is 4.40. The fourth-order valence-corrected chi connectivity index (χ4v) is 2.63. The average Bonchev–Trinajstić information content (AvgIpc) is 2.65. The lowest BCUT2D eigenvalue weighted by Gasteiger charge is -2.05. The van der Waals surface area contributed by atoms with Crippen LogP contribution < -0.4 is 0 Å². The smallest absolute Gasteiger partial charge is 0.151 e. The quantitative estimate of drug-likeness (QED) is 0.535. The van der Waals surface area contributed by atoms with Crippen LogP contribution in [0.1, 0.15) is 20.7 Å². The molecular weight excluding hydrogens is 420 g/mol. The van der Waals surface area contributed by atoms with Gasteiger partial charge >= 0.3 is 0 Å². The summed E-state index contributed by atoms with van der Waals surface area (Å²) in [4.78, 5) is 21.1. The summed E-state index contributed by atoms with van der Waals surface area (Å²) in [5.74, 6) is 0.185. The molecule has 3 aromatic carbocycles. The van der Waals surface area contributed by atoms with E-state index in [2.05, 4.69) is 15.9 Å². The Morgan fingerprint density at radius 2 is 1.31 bits per heavy atom. The number of carbonyl (C=O) groups excluding carboxylic acids is 2. The molecule has 132 valence electrons. The molecule has 2 N–H and O–H groups in total. The number of phenolic OH excluding ortho intramolecular Hbond substituents is 2. The van der Waals surface area contributed by atoms with Crippen molar-refractivity contribution in [2.45, 2.75) is 0 Å². The van der Waals surface area contributed by atoms with Gasteiger partial charge in [0, 0.05) is 20.6 Å². The van der Waals surface area contributed by atoms with E-state index in [9.17, 15) is 14.7 Å². The van der Waals surface area contributed by atoms with Crippen molar-refractivity contribution >= 4 is 40.1 Å². The summed E-state index contributed by atoms with van der Waals surface area (Å²) in [5.41, 5.74) is 2.60. The minimum absolute atomic E-state index is 0.0832. The number of hydrogen-bond donors (Lipinski definition) is 2. The zero-order chi connectivity index (χ0) is 19.1. The lowest BCUT2D eigenvalue weighted by Crippen LogP contribution is -1.86. The van der Waals surface area contributed by atoms with E-state index in [4.69, 9.17) is 16.7 Å². The van der Waals surface area contributed by atoms with Crippen molar-refractivity contribution in [1.29, 1.82) is 0 Å². The van der Waals surface area contributed by atoms with Crippen LogP contribution in [-0.2, 0) is 0 Å². The summed E-state index contributed by atoms with van der Waals surface area (Å²) in [5, 5.41) is 18.8. The van der Waals surface area contributed by atoms with E-state index < -0.39 is 0 Å². The van der Waals surface area contributed by atoms with Gasteiger partial charge in [-0.1, -0.05) is 39.7 Å². The zero-order valence-electron chi connectivity index (χ0n) is 13.4. The monoisotopic (exact) mass is 432 g/mol.